The molecule has 0 aliphatic heterocycles. The highest BCUT2D eigenvalue weighted by molar-refractivity contribution is 6.31. The Balaban J connectivity index is 1.85. The Hall–Kier alpha value is -2.79. The maximum Gasteiger partial charge on any atom is 0.307 e. The lowest BCUT2D eigenvalue weighted by Gasteiger charge is -2.17. The van der Waals surface area contributed by atoms with E-state index in [0.717, 1.165) is 16.5 Å². The summed E-state index contributed by atoms with van der Waals surface area (Å²) in [7, 11) is 1.32. The van der Waals surface area contributed by atoms with Crippen molar-refractivity contribution >= 4 is 34.4 Å². The zero-order chi connectivity index (χ0) is 18.7. The molecule has 0 saturated carbocycles. The summed E-state index contributed by atoms with van der Waals surface area (Å²) in [5, 5.41) is 4.15. The van der Waals surface area contributed by atoms with Gasteiger partial charge >= 0.3 is 5.97 Å². The fraction of sp³-hybridized carbons (Fsp3) is 0.200. The number of benzene rings is 2. The summed E-state index contributed by atoms with van der Waals surface area (Å²) in [5.41, 5.74) is 2.47. The quantitative estimate of drug-likeness (QED) is 0.674. The number of esters is 1. The number of aryl methyl sites for hydroxylation is 1. The molecule has 0 saturated heterocycles. The van der Waals surface area contributed by atoms with E-state index in [-0.39, 0.29) is 12.2 Å². The number of fused-ring (bicyclic) bond motifs is 1. The van der Waals surface area contributed by atoms with Crippen LogP contribution in [0.2, 0.25) is 5.02 Å². The summed E-state index contributed by atoms with van der Waals surface area (Å²) in [6.07, 6.45) is 0.0252. The molecule has 134 valence electrons. The largest absolute Gasteiger partial charge is 0.469 e. The molecule has 6 heteroatoms. The lowest BCUT2D eigenvalue weighted by atomic mass is 10.0. The lowest BCUT2D eigenvalue weighted by Crippen LogP contribution is -2.30. The van der Waals surface area contributed by atoms with E-state index in [1.807, 2.05) is 31.2 Å². The Bertz CT molecular complexity index is 946. The molecule has 0 spiro atoms. The van der Waals surface area contributed by atoms with Gasteiger partial charge in [0, 0.05) is 10.4 Å². The summed E-state index contributed by atoms with van der Waals surface area (Å²) >= 11 is 5.96. The third kappa shape index (κ3) is 4.06. The Morgan fingerprint density at radius 3 is 2.58 bits per heavy atom. The van der Waals surface area contributed by atoms with Crippen molar-refractivity contribution in [3.63, 3.8) is 0 Å². The molecule has 5 nitrogen and oxygen atoms in total. The first kappa shape index (κ1) is 18.0. The fourth-order valence-electron chi connectivity index (χ4n) is 2.66. The maximum atomic E-state index is 12.6. The third-order valence-electron chi connectivity index (χ3n) is 4.09. The zero-order valence-electron chi connectivity index (χ0n) is 14.4. The van der Waals surface area contributed by atoms with Crippen molar-refractivity contribution in [2.75, 3.05) is 7.11 Å². The van der Waals surface area contributed by atoms with E-state index in [1.54, 1.807) is 24.3 Å². The first-order valence-corrected chi connectivity index (χ1v) is 8.47. The number of halogens is 1. The predicted molar refractivity (Wildman–Crippen MR) is 99.2 cm³/mol. The minimum Gasteiger partial charge on any atom is -0.469 e. The summed E-state index contributed by atoms with van der Waals surface area (Å²) in [4.78, 5) is 24.4. The van der Waals surface area contributed by atoms with E-state index < -0.39 is 17.9 Å². The molecule has 0 aliphatic rings. The topological polar surface area (TPSA) is 68.5 Å². The number of hydrogen-bond donors (Lipinski definition) is 1. The fourth-order valence-corrected chi connectivity index (χ4v) is 2.84. The van der Waals surface area contributed by atoms with E-state index in [4.69, 9.17) is 20.8 Å². The van der Waals surface area contributed by atoms with Gasteiger partial charge in [0.2, 0.25) is 0 Å². The second-order valence-electron chi connectivity index (χ2n) is 6.01. The van der Waals surface area contributed by atoms with Gasteiger partial charge in [0.15, 0.2) is 5.76 Å². The second kappa shape index (κ2) is 7.62. The SMILES string of the molecule is COC(=O)CC(NC(=O)c1cc2cc(Cl)ccc2o1)c1ccc(C)cc1. The molecule has 1 unspecified atom stereocenters. The average Bonchev–Trinajstić information content (AvgIpc) is 3.05. The van der Waals surface area contributed by atoms with Gasteiger partial charge in [0.25, 0.3) is 5.91 Å². The van der Waals surface area contributed by atoms with Crippen molar-refractivity contribution in [1.82, 2.24) is 5.32 Å². The molecule has 3 aromatic rings. The maximum absolute atomic E-state index is 12.6. The summed E-state index contributed by atoms with van der Waals surface area (Å²) in [6.45, 7) is 1.97. The molecular formula is C20H18ClNO4. The molecule has 0 fully saturated rings. The highest BCUT2D eigenvalue weighted by Crippen LogP contribution is 2.24. The van der Waals surface area contributed by atoms with Crippen molar-refractivity contribution in [3.05, 3.63) is 70.4 Å². The first-order valence-electron chi connectivity index (χ1n) is 8.09. The molecule has 0 aliphatic carbocycles. The van der Waals surface area contributed by atoms with E-state index in [9.17, 15) is 9.59 Å². The number of rotatable bonds is 5. The van der Waals surface area contributed by atoms with Crippen LogP contribution in [0.15, 0.2) is 52.9 Å². The number of nitrogens with one attached hydrogen (secondary N) is 1. The third-order valence-corrected chi connectivity index (χ3v) is 4.32. The number of ether oxygens (including phenoxy) is 1. The van der Waals surface area contributed by atoms with Gasteiger partial charge in [-0.1, -0.05) is 41.4 Å². The van der Waals surface area contributed by atoms with Crippen LogP contribution >= 0.6 is 11.6 Å². The second-order valence-corrected chi connectivity index (χ2v) is 6.45. The molecule has 1 atom stereocenters. The minimum absolute atomic E-state index is 0.0252. The van der Waals surface area contributed by atoms with Crippen molar-refractivity contribution < 1.29 is 18.7 Å². The number of methoxy groups -OCH3 is 1. The Morgan fingerprint density at radius 2 is 1.88 bits per heavy atom. The molecule has 0 radical (unpaired) electrons. The smallest absolute Gasteiger partial charge is 0.307 e. The molecule has 1 amide bonds. The predicted octanol–water partition coefficient (Wildman–Crippen LogP) is 4.43. The Kier molecular flexibility index (Phi) is 5.28. The molecule has 2 aromatic carbocycles. The van der Waals surface area contributed by atoms with Gasteiger partial charge in [-0.2, -0.15) is 0 Å². The van der Waals surface area contributed by atoms with Crippen molar-refractivity contribution in [2.24, 2.45) is 0 Å². The van der Waals surface area contributed by atoms with Gasteiger partial charge < -0.3 is 14.5 Å². The van der Waals surface area contributed by atoms with Crippen LogP contribution in [0, 0.1) is 6.92 Å². The van der Waals surface area contributed by atoms with Crippen LogP contribution < -0.4 is 5.32 Å². The van der Waals surface area contributed by atoms with Gasteiger partial charge in [-0.25, -0.2) is 0 Å². The monoisotopic (exact) mass is 371 g/mol. The normalized spacial score (nSPS) is 12.0. The van der Waals surface area contributed by atoms with Crippen molar-refractivity contribution in [2.45, 2.75) is 19.4 Å². The molecular weight excluding hydrogens is 354 g/mol. The van der Waals surface area contributed by atoms with E-state index in [0.29, 0.717) is 10.6 Å². The van der Waals surface area contributed by atoms with E-state index in [1.165, 1.54) is 7.11 Å². The number of carbonyl (C=O) groups is 2. The Labute approximate surface area is 155 Å². The summed E-state index contributed by atoms with van der Waals surface area (Å²) < 4.78 is 10.3. The van der Waals surface area contributed by atoms with Crippen molar-refractivity contribution in [3.8, 4) is 0 Å². The minimum atomic E-state index is -0.521. The van der Waals surface area contributed by atoms with E-state index >= 15 is 0 Å². The standard InChI is InChI=1S/C20H18ClNO4/c1-12-3-5-13(6-4-12)16(11-19(23)25-2)22-20(24)18-10-14-9-15(21)7-8-17(14)26-18/h3-10,16H,11H2,1-2H3,(H,22,24). The molecule has 1 heterocycles. The molecule has 1 aromatic heterocycles. The van der Waals surface area contributed by atoms with Crippen LogP contribution in [0.25, 0.3) is 11.0 Å². The van der Waals surface area contributed by atoms with Crippen LogP contribution in [-0.4, -0.2) is 19.0 Å². The summed E-state index contributed by atoms with van der Waals surface area (Å²) in [5.74, 6) is -0.664. The van der Waals surface area contributed by atoms with Crippen LogP contribution in [0.5, 0.6) is 0 Å². The van der Waals surface area contributed by atoms with Crippen LogP contribution in [0.1, 0.15) is 34.1 Å². The number of carbonyl (C=O) groups excluding carboxylic acids is 2. The zero-order valence-corrected chi connectivity index (χ0v) is 15.2. The van der Waals surface area contributed by atoms with Gasteiger partial charge in [0.1, 0.15) is 5.58 Å². The molecule has 1 N–H and O–H groups in total. The van der Waals surface area contributed by atoms with Crippen LogP contribution in [0.3, 0.4) is 0 Å². The molecule has 0 bridgehead atoms. The highest BCUT2D eigenvalue weighted by atomic mass is 35.5. The number of furan rings is 1. The van der Waals surface area contributed by atoms with E-state index in [2.05, 4.69) is 5.32 Å². The van der Waals surface area contributed by atoms with Gasteiger partial charge in [-0.3, -0.25) is 9.59 Å². The average molecular weight is 372 g/mol. The van der Waals surface area contributed by atoms with Crippen molar-refractivity contribution in [1.29, 1.82) is 0 Å². The first-order chi connectivity index (χ1) is 12.5. The Morgan fingerprint density at radius 1 is 1.15 bits per heavy atom. The lowest BCUT2D eigenvalue weighted by molar-refractivity contribution is -0.141. The summed E-state index contributed by atoms with van der Waals surface area (Å²) in [6, 6.07) is 13.8. The number of hydrogen-bond acceptors (Lipinski definition) is 4. The molecule has 3 rings (SSSR count). The van der Waals surface area contributed by atoms with Gasteiger partial charge in [-0.15, -0.1) is 0 Å². The number of amides is 1. The van der Waals surface area contributed by atoms with Crippen LogP contribution in [0.4, 0.5) is 0 Å². The molecule has 26 heavy (non-hydrogen) atoms. The van der Waals surface area contributed by atoms with Gasteiger partial charge in [-0.05, 0) is 36.8 Å². The highest BCUT2D eigenvalue weighted by Gasteiger charge is 2.21. The van der Waals surface area contributed by atoms with Crippen LogP contribution in [-0.2, 0) is 9.53 Å². The van der Waals surface area contributed by atoms with Gasteiger partial charge in [0.05, 0.1) is 19.6 Å².